The number of aromatic nitrogens is 2. The molecule has 1 aliphatic rings. The molecule has 0 bridgehead atoms. The first-order valence-electron chi connectivity index (χ1n) is 6.18. The molecule has 17 heavy (non-hydrogen) atoms. The van der Waals surface area contributed by atoms with Crippen LogP contribution in [0.2, 0.25) is 5.02 Å². The fourth-order valence-electron chi connectivity index (χ4n) is 2.54. The molecular formula is C12H20ClN3O. The molecule has 0 saturated carbocycles. The van der Waals surface area contributed by atoms with Gasteiger partial charge in [-0.3, -0.25) is 4.68 Å². The second-order valence-electron chi connectivity index (χ2n) is 4.83. The van der Waals surface area contributed by atoms with E-state index in [4.69, 9.17) is 11.6 Å². The van der Waals surface area contributed by atoms with E-state index < -0.39 is 0 Å². The van der Waals surface area contributed by atoms with Gasteiger partial charge in [-0.15, -0.1) is 0 Å². The molecule has 2 N–H and O–H groups in total. The predicted octanol–water partition coefficient (Wildman–Crippen LogP) is 1.29. The molecule has 96 valence electrons. The third-order valence-electron chi connectivity index (χ3n) is 3.64. The molecule has 1 fully saturated rings. The van der Waals surface area contributed by atoms with Crippen molar-refractivity contribution in [2.45, 2.75) is 38.1 Å². The molecule has 0 aromatic carbocycles. The van der Waals surface area contributed by atoms with Crippen molar-refractivity contribution in [3.8, 4) is 0 Å². The van der Waals surface area contributed by atoms with Crippen LogP contribution in [-0.4, -0.2) is 33.6 Å². The summed E-state index contributed by atoms with van der Waals surface area (Å²) >= 11 is 6.33. The number of hydrogen-bond acceptors (Lipinski definition) is 3. The molecule has 2 rings (SSSR count). The van der Waals surface area contributed by atoms with Crippen LogP contribution in [0.5, 0.6) is 0 Å². The molecule has 1 saturated heterocycles. The molecule has 1 aromatic rings. The van der Waals surface area contributed by atoms with E-state index in [1.54, 1.807) is 0 Å². The topological polar surface area (TPSA) is 50.1 Å². The Kier molecular flexibility index (Phi) is 3.76. The third-order valence-corrected chi connectivity index (χ3v) is 4.08. The molecule has 1 atom stereocenters. The summed E-state index contributed by atoms with van der Waals surface area (Å²) < 4.78 is 1.85. The summed E-state index contributed by atoms with van der Waals surface area (Å²) in [6, 6.07) is 0. The van der Waals surface area contributed by atoms with E-state index in [1.165, 1.54) is 0 Å². The zero-order valence-electron chi connectivity index (χ0n) is 10.5. The number of aliphatic hydroxyl groups excluding tert-OH is 1. The molecule has 1 aromatic heterocycles. The first kappa shape index (κ1) is 12.9. The molecule has 5 heteroatoms. The minimum absolute atomic E-state index is 0.149. The van der Waals surface area contributed by atoms with Gasteiger partial charge >= 0.3 is 0 Å². The van der Waals surface area contributed by atoms with Crippen molar-refractivity contribution in [3.63, 3.8) is 0 Å². The summed E-state index contributed by atoms with van der Waals surface area (Å²) in [6.45, 7) is 3.17. The average molecular weight is 258 g/mol. The largest absolute Gasteiger partial charge is 0.394 e. The van der Waals surface area contributed by atoms with Crippen molar-refractivity contribution in [1.82, 2.24) is 15.1 Å². The Bertz CT molecular complexity index is 397. The maximum Gasteiger partial charge on any atom is 0.0850 e. The van der Waals surface area contributed by atoms with Crippen molar-refractivity contribution < 1.29 is 5.11 Å². The molecule has 1 unspecified atom stereocenters. The van der Waals surface area contributed by atoms with Gasteiger partial charge in [-0.25, -0.2) is 0 Å². The normalized spacial score (nSPS) is 24.5. The van der Waals surface area contributed by atoms with E-state index >= 15 is 0 Å². The molecule has 0 radical (unpaired) electrons. The van der Waals surface area contributed by atoms with Gasteiger partial charge in [-0.05, 0) is 25.8 Å². The number of aliphatic hydroxyl groups is 1. The molecule has 4 nitrogen and oxygen atoms in total. The Morgan fingerprint density at radius 3 is 2.82 bits per heavy atom. The summed E-state index contributed by atoms with van der Waals surface area (Å²) in [4.78, 5) is 0. The second-order valence-corrected chi connectivity index (χ2v) is 5.21. The SMILES string of the molecule is CCc1nn(C)c(CC2(CO)CCCN2)c1Cl. The van der Waals surface area contributed by atoms with Crippen molar-refractivity contribution in [1.29, 1.82) is 0 Å². The number of hydrogen-bond donors (Lipinski definition) is 2. The van der Waals surface area contributed by atoms with E-state index in [1.807, 2.05) is 18.7 Å². The van der Waals surface area contributed by atoms with Gasteiger partial charge in [0.2, 0.25) is 0 Å². The minimum Gasteiger partial charge on any atom is -0.394 e. The fraction of sp³-hybridized carbons (Fsp3) is 0.750. The van der Waals surface area contributed by atoms with E-state index in [9.17, 15) is 5.11 Å². The van der Waals surface area contributed by atoms with E-state index in [2.05, 4.69) is 10.4 Å². The molecule has 1 aliphatic heterocycles. The van der Waals surface area contributed by atoms with Crippen LogP contribution >= 0.6 is 11.6 Å². The Labute approximate surface area is 107 Å². The van der Waals surface area contributed by atoms with Gasteiger partial charge in [0.25, 0.3) is 0 Å². The Morgan fingerprint density at radius 2 is 2.35 bits per heavy atom. The lowest BCUT2D eigenvalue weighted by atomic mass is 9.92. The van der Waals surface area contributed by atoms with Gasteiger partial charge in [0.1, 0.15) is 0 Å². The van der Waals surface area contributed by atoms with E-state index in [-0.39, 0.29) is 12.1 Å². The molecular weight excluding hydrogens is 238 g/mol. The zero-order chi connectivity index (χ0) is 12.5. The highest BCUT2D eigenvalue weighted by atomic mass is 35.5. The van der Waals surface area contributed by atoms with Crippen LogP contribution in [0.3, 0.4) is 0 Å². The van der Waals surface area contributed by atoms with Crippen LogP contribution in [-0.2, 0) is 19.9 Å². The second kappa shape index (κ2) is 4.96. The number of halogens is 1. The maximum absolute atomic E-state index is 9.59. The highest BCUT2D eigenvalue weighted by Crippen LogP contribution is 2.29. The van der Waals surface area contributed by atoms with Crippen LogP contribution in [0.15, 0.2) is 0 Å². The molecule has 0 aliphatic carbocycles. The number of aryl methyl sites for hydroxylation is 2. The van der Waals surface area contributed by atoms with Gasteiger partial charge < -0.3 is 10.4 Å². The zero-order valence-corrected chi connectivity index (χ0v) is 11.2. The summed E-state index contributed by atoms with van der Waals surface area (Å²) in [5, 5.41) is 18.2. The van der Waals surface area contributed by atoms with E-state index in [0.717, 1.165) is 48.6 Å². The Morgan fingerprint density at radius 1 is 1.59 bits per heavy atom. The molecule has 2 heterocycles. The van der Waals surface area contributed by atoms with Crippen molar-refractivity contribution in [3.05, 3.63) is 16.4 Å². The van der Waals surface area contributed by atoms with Crippen molar-refractivity contribution in [2.24, 2.45) is 7.05 Å². The highest BCUT2D eigenvalue weighted by molar-refractivity contribution is 6.31. The van der Waals surface area contributed by atoms with Crippen LogP contribution in [0.25, 0.3) is 0 Å². The summed E-state index contributed by atoms with van der Waals surface area (Å²) in [5.41, 5.74) is 1.75. The fourth-order valence-corrected chi connectivity index (χ4v) is 2.90. The van der Waals surface area contributed by atoms with Gasteiger partial charge in [0, 0.05) is 19.0 Å². The third kappa shape index (κ3) is 2.34. The quantitative estimate of drug-likeness (QED) is 0.855. The predicted molar refractivity (Wildman–Crippen MR) is 68.4 cm³/mol. The van der Waals surface area contributed by atoms with Crippen molar-refractivity contribution in [2.75, 3.05) is 13.2 Å². The number of nitrogens with one attached hydrogen (secondary N) is 1. The van der Waals surface area contributed by atoms with E-state index in [0.29, 0.717) is 0 Å². The smallest absolute Gasteiger partial charge is 0.0850 e. The van der Waals surface area contributed by atoms with Crippen LogP contribution < -0.4 is 5.32 Å². The summed E-state index contributed by atoms with van der Waals surface area (Å²) in [7, 11) is 1.92. The lowest BCUT2D eigenvalue weighted by Gasteiger charge is -2.27. The highest BCUT2D eigenvalue weighted by Gasteiger charge is 2.34. The summed E-state index contributed by atoms with van der Waals surface area (Å²) in [5.74, 6) is 0. The van der Waals surface area contributed by atoms with Crippen LogP contribution in [0.4, 0.5) is 0 Å². The Hall–Kier alpha value is -0.580. The maximum atomic E-state index is 9.59. The molecule has 0 spiro atoms. The standard InChI is InChI=1S/C12H20ClN3O/c1-3-9-11(13)10(16(2)15-9)7-12(8-17)5-4-6-14-12/h14,17H,3-8H2,1-2H3. The first-order valence-corrected chi connectivity index (χ1v) is 6.56. The van der Waals surface area contributed by atoms with Gasteiger partial charge in [-0.2, -0.15) is 5.10 Å². The summed E-state index contributed by atoms with van der Waals surface area (Å²) in [6.07, 6.45) is 3.68. The number of rotatable bonds is 4. The van der Waals surface area contributed by atoms with Crippen LogP contribution in [0.1, 0.15) is 31.2 Å². The Balaban J connectivity index is 2.25. The van der Waals surface area contributed by atoms with Crippen molar-refractivity contribution >= 4 is 11.6 Å². The van der Waals surface area contributed by atoms with Gasteiger partial charge in [0.05, 0.1) is 23.0 Å². The lowest BCUT2D eigenvalue weighted by Crippen LogP contribution is -2.45. The number of nitrogens with zero attached hydrogens (tertiary/aromatic N) is 2. The van der Waals surface area contributed by atoms with Gasteiger partial charge in [0.15, 0.2) is 0 Å². The van der Waals surface area contributed by atoms with Gasteiger partial charge in [-0.1, -0.05) is 18.5 Å². The molecule has 0 amide bonds. The first-order chi connectivity index (χ1) is 8.12. The average Bonchev–Trinajstić information content (AvgIpc) is 2.90. The van der Waals surface area contributed by atoms with Crippen LogP contribution in [0, 0.1) is 0 Å². The minimum atomic E-state index is -0.206. The monoisotopic (exact) mass is 257 g/mol. The lowest BCUT2D eigenvalue weighted by molar-refractivity contribution is 0.175.